The van der Waals surface area contributed by atoms with Gasteiger partial charge in [-0.15, -0.1) is 0 Å². The second-order valence-electron chi connectivity index (χ2n) is 7.15. The van der Waals surface area contributed by atoms with Crippen LogP contribution in [0.5, 0.6) is 0 Å². The van der Waals surface area contributed by atoms with Gasteiger partial charge in [-0.1, -0.05) is 5.16 Å². The zero-order valence-electron chi connectivity index (χ0n) is 15.2. The van der Waals surface area contributed by atoms with Crippen LogP contribution in [0.2, 0.25) is 0 Å². The van der Waals surface area contributed by atoms with Crippen LogP contribution in [0.3, 0.4) is 0 Å². The van der Waals surface area contributed by atoms with Crippen LogP contribution in [0.15, 0.2) is 35.4 Å². The summed E-state index contributed by atoms with van der Waals surface area (Å²) in [5.41, 5.74) is 1.10. The van der Waals surface area contributed by atoms with E-state index in [4.69, 9.17) is 9.26 Å². The summed E-state index contributed by atoms with van der Waals surface area (Å²) in [5, 5.41) is 6.89. The number of carbonyl (C=O) groups excluding carboxylic acids is 1. The topological polar surface area (TPSA) is 108 Å². The molecule has 1 atom stereocenters. The number of rotatable bonds is 6. The predicted molar refractivity (Wildman–Crippen MR) is 97.9 cm³/mol. The van der Waals surface area contributed by atoms with Gasteiger partial charge in [-0.05, 0) is 37.8 Å². The molecule has 28 heavy (non-hydrogen) atoms. The van der Waals surface area contributed by atoms with Crippen molar-refractivity contribution in [1.82, 2.24) is 30.0 Å². The molecule has 1 N–H and O–H groups in total. The van der Waals surface area contributed by atoms with E-state index in [-0.39, 0.29) is 12.0 Å². The molecule has 1 aliphatic carbocycles. The number of ether oxygens (including phenoxy) is 1. The molecule has 0 bridgehead atoms. The van der Waals surface area contributed by atoms with E-state index in [2.05, 4.69) is 25.4 Å². The van der Waals surface area contributed by atoms with Gasteiger partial charge in [0.2, 0.25) is 0 Å². The average molecular weight is 380 g/mol. The van der Waals surface area contributed by atoms with E-state index in [0.29, 0.717) is 29.9 Å². The maximum absolute atomic E-state index is 12.3. The SMILES string of the molecule is O=C(NC[C@H]1CCCO1)c1cn(-c2ccc(-c3nc(C4CC4)no3)cn2)cn1. The molecular weight excluding hydrogens is 360 g/mol. The third kappa shape index (κ3) is 3.53. The quantitative estimate of drug-likeness (QED) is 0.698. The van der Waals surface area contributed by atoms with Crippen molar-refractivity contribution >= 4 is 5.91 Å². The van der Waals surface area contributed by atoms with Gasteiger partial charge in [0.05, 0.1) is 11.7 Å². The molecule has 0 spiro atoms. The fraction of sp³-hybridized carbons (Fsp3) is 0.421. The Labute approximate surface area is 161 Å². The van der Waals surface area contributed by atoms with E-state index in [9.17, 15) is 4.79 Å². The first kappa shape index (κ1) is 17.1. The standard InChI is InChI=1S/C19H20N6O3/c26-18(21-9-14-2-1-7-27-14)15-10-25(11-22-15)16-6-5-13(8-20-16)19-23-17(24-28-19)12-3-4-12/h5-6,8,10-12,14H,1-4,7,9H2,(H,21,26)/t14-/m1/s1. The number of nitrogens with one attached hydrogen (secondary N) is 1. The highest BCUT2D eigenvalue weighted by atomic mass is 16.5. The van der Waals surface area contributed by atoms with Crippen LogP contribution in [0.4, 0.5) is 0 Å². The van der Waals surface area contributed by atoms with Gasteiger partial charge >= 0.3 is 0 Å². The van der Waals surface area contributed by atoms with Crippen LogP contribution < -0.4 is 5.32 Å². The zero-order chi connectivity index (χ0) is 18.9. The fourth-order valence-corrected chi connectivity index (χ4v) is 3.19. The molecule has 5 rings (SSSR count). The molecule has 2 aliphatic rings. The smallest absolute Gasteiger partial charge is 0.271 e. The molecule has 1 amide bonds. The maximum Gasteiger partial charge on any atom is 0.271 e. The van der Waals surface area contributed by atoms with Crippen molar-refractivity contribution in [2.45, 2.75) is 37.7 Å². The lowest BCUT2D eigenvalue weighted by molar-refractivity contribution is 0.0854. The highest BCUT2D eigenvalue weighted by molar-refractivity contribution is 5.92. The number of hydrogen-bond acceptors (Lipinski definition) is 7. The van der Waals surface area contributed by atoms with Gasteiger partial charge in [0, 0.05) is 31.5 Å². The highest BCUT2D eigenvalue weighted by Gasteiger charge is 2.29. The Hall–Kier alpha value is -3.07. The molecule has 9 heteroatoms. The van der Waals surface area contributed by atoms with E-state index < -0.39 is 0 Å². The van der Waals surface area contributed by atoms with E-state index in [1.807, 2.05) is 12.1 Å². The average Bonchev–Trinajstić information content (AvgIpc) is 3.16. The van der Waals surface area contributed by atoms with Gasteiger partial charge in [0.15, 0.2) is 5.82 Å². The molecule has 9 nitrogen and oxygen atoms in total. The lowest BCUT2D eigenvalue weighted by Gasteiger charge is -2.09. The molecule has 144 valence electrons. The summed E-state index contributed by atoms with van der Waals surface area (Å²) in [6.07, 6.45) is 9.28. The first-order chi connectivity index (χ1) is 13.8. The minimum atomic E-state index is -0.218. The number of hydrogen-bond donors (Lipinski definition) is 1. The van der Waals surface area contributed by atoms with Crippen LogP contribution >= 0.6 is 0 Å². The van der Waals surface area contributed by atoms with Crippen molar-refractivity contribution in [3.05, 3.63) is 42.4 Å². The summed E-state index contributed by atoms with van der Waals surface area (Å²) < 4.78 is 12.5. The van der Waals surface area contributed by atoms with Crippen LogP contribution in [0.25, 0.3) is 17.3 Å². The molecule has 1 saturated carbocycles. The molecule has 0 radical (unpaired) electrons. The van der Waals surface area contributed by atoms with E-state index in [1.165, 1.54) is 0 Å². The predicted octanol–water partition coefficient (Wildman–Crippen LogP) is 2.10. The third-order valence-electron chi connectivity index (χ3n) is 4.97. The molecule has 0 unspecified atom stereocenters. The number of amides is 1. The first-order valence-corrected chi connectivity index (χ1v) is 9.50. The number of nitrogens with zero attached hydrogens (tertiary/aromatic N) is 5. The van der Waals surface area contributed by atoms with Crippen molar-refractivity contribution < 1.29 is 14.1 Å². The Bertz CT molecular complexity index is 970. The van der Waals surface area contributed by atoms with Crippen LogP contribution in [0, 0.1) is 0 Å². The summed E-state index contributed by atoms with van der Waals surface area (Å²) in [7, 11) is 0. The van der Waals surface area contributed by atoms with Gasteiger partial charge in [0.25, 0.3) is 11.8 Å². The molecule has 1 aliphatic heterocycles. The molecule has 0 aromatic carbocycles. The molecule has 3 aromatic heterocycles. The Morgan fingerprint density at radius 1 is 1.25 bits per heavy atom. The van der Waals surface area contributed by atoms with Gasteiger partial charge < -0.3 is 14.6 Å². The minimum Gasteiger partial charge on any atom is -0.376 e. The largest absolute Gasteiger partial charge is 0.376 e. The fourth-order valence-electron chi connectivity index (χ4n) is 3.19. The molecule has 4 heterocycles. The van der Waals surface area contributed by atoms with Crippen LogP contribution in [0.1, 0.15) is 47.9 Å². The van der Waals surface area contributed by atoms with Crippen molar-refractivity contribution in [2.75, 3.05) is 13.2 Å². The summed E-state index contributed by atoms with van der Waals surface area (Å²) in [4.78, 5) is 25.3. The molecule has 2 fully saturated rings. The highest BCUT2D eigenvalue weighted by Crippen LogP contribution is 2.38. The molecule has 1 saturated heterocycles. The summed E-state index contributed by atoms with van der Waals surface area (Å²) in [6, 6.07) is 3.69. The normalized spacial score (nSPS) is 19.1. The van der Waals surface area contributed by atoms with Crippen LogP contribution in [-0.4, -0.2) is 49.8 Å². The number of pyridine rings is 1. The summed E-state index contributed by atoms with van der Waals surface area (Å²) in [5.74, 6) is 2.12. The monoisotopic (exact) mass is 380 g/mol. The van der Waals surface area contributed by atoms with Crippen LogP contribution in [-0.2, 0) is 4.74 Å². The van der Waals surface area contributed by atoms with Gasteiger partial charge in [0.1, 0.15) is 17.8 Å². The van der Waals surface area contributed by atoms with E-state index in [0.717, 1.165) is 43.7 Å². The molecule has 3 aromatic rings. The van der Waals surface area contributed by atoms with Gasteiger partial charge in [-0.3, -0.25) is 9.36 Å². The lowest BCUT2D eigenvalue weighted by atomic mass is 10.2. The number of carbonyl (C=O) groups is 1. The van der Waals surface area contributed by atoms with E-state index in [1.54, 1.807) is 23.3 Å². The second kappa shape index (κ2) is 7.16. The van der Waals surface area contributed by atoms with Gasteiger partial charge in [-0.2, -0.15) is 4.98 Å². The Kier molecular flexibility index (Phi) is 4.36. The third-order valence-corrected chi connectivity index (χ3v) is 4.97. The van der Waals surface area contributed by atoms with Crippen molar-refractivity contribution in [2.24, 2.45) is 0 Å². The second-order valence-corrected chi connectivity index (χ2v) is 7.15. The van der Waals surface area contributed by atoms with Crippen molar-refractivity contribution in [3.8, 4) is 17.3 Å². The summed E-state index contributed by atoms with van der Waals surface area (Å²) >= 11 is 0. The minimum absolute atomic E-state index is 0.102. The summed E-state index contributed by atoms with van der Waals surface area (Å²) in [6.45, 7) is 1.27. The number of aromatic nitrogens is 5. The zero-order valence-corrected chi connectivity index (χ0v) is 15.2. The maximum atomic E-state index is 12.3. The Morgan fingerprint density at radius 3 is 2.93 bits per heavy atom. The van der Waals surface area contributed by atoms with Crippen molar-refractivity contribution in [3.63, 3.8) is 0 Å². The van der Waals surface area contributed by atoms with Crippen molar-refractivity contribution in [1.29, 1.82) is 0 Å². The Morgan fingerprint density at radius 2 is 2.18 bits per heavy atom. The van der Waals surface area contributed by atoms with E-state index >= 15 is 0 Å². The first-order valence-electron chi connectivity index (χ1n) is 9.50. The van der Waals surface area contributed by atoms with Gasteiger partial charge in [-0.25, -0.2) is 9.97 Å². The Balaban J connectivity index is 1.25. The number of imidazole rings is 1. The molecular formula is C19H20N6O3. The lowest BCUT2D eigenvalue weighted by Crippen LogP contribution is -2.31.